The topological polar surface area (TPSA) is 73.3 Å². The van der Waals surface area contributed by atoms with E-state index in [1.54, 1.807) is 0 Å². The Morgan fingerprint density at radius 2 is 1.86 bits per heavy atom. The number of hydrogen-bond donors (Lipinski definition) is 1. The van der Waals surface area contributed by atoms with Crippen molar-refractivity contribution in [1.29, 1.82) is 0 Å². The zero-order valence-electron chi connectivity index (χ0n) is 16.9. The molecule has 0 spiro atoms. The molecule has 1 amide bonds. The molecule has 152 valence electrons. The summed E-state index contributed by atoms with van der Waals surface area (Å²) in [6.45, 7) is 6.53. The summed E-state index contributed by atoms with van der Waals surface area (Å²) in [5.41, 5.74) is 3.44. The van der Waals surface area contributed by atoms with Gasteiger partial charge in [-0.2, -0.15) is 0 Å². The van der Waals surface area contributed by atoms with Gasteiger partial charge in [-0.05, 0) is 55.2 Å². The molecule has 0 fully saturated rings. The van der Waals surface area contributed by atoms with Crippen LogP contribution in [0.3, 0.4) is 0 Å². The Kier molecular flexibility index (Phi) is 7.19. The molecule has 0 saturated heterocycles. The summed E-state index contributed by atoms with van der Waals surface area (Å²) < 4.78 is 11.4. The molecule has 6 nitrogen and oxygen atoms in total. The number of carbonyl (C=O) groups is 1. The summed E-state index contributed by atoms with van der Waals surface area (Å²) in [5.74, 6) is 1.28. The predicted molar refractivity (Wildman–Crippen MR) is 115 cm³/mol. The van der Waals surface area contributed by atoms with Crippen molar-refractivity contribution in [2.24, 2.45) is 0 Å². The minimum Gasteiger partial charge on any atom is -0.493 e. The van der Waals surface area contributed by atoms with E-state index < -0.39 is 0 Å². The van der Waals surface area contributed by atoms with Gasteiger partial charge in [0.15, 0.2) is 6.61 Å². The van der Waals surface area contributed by atoms with Crippen molar-refractivity contribution >= 4 is 22.4 Å². The summed E-state index contributed by atoms with van der Waals surface area (Å²) in [6, 6.07) is 13.8. The Bertz CT molecular complexity index is 954. The fraction of sp³-hybridized carbons (Fsp3) is 0.318. The molecule has 1 N–H and O–H groups in total. The number of amides is 1. The van der Waals surface area contributed by atoms with Crippen molar-refractivity contribution < 1.29 is 14.3 Å². The van der Waals surface area contributed by atoms with Crippen molar-refractivity contribution in [2.75, 3.05) is 18.5 Å². The van der Waals surface area contributed by atoms with Gasteiger partial charge in [0.1, 0.15) is 16.5 Å². The largest absolute Gasteiger partial charge is 0.493 e. The zero-order valence-corrected chi connectivity index (χ0v) is 17.7. The van der Waals surface area contributed by atoms with Crippen molar-refractivity contribution in [3.05, 3.63) is 64.2 Å². The molecule has 3 aromatic rings. The molecule has 0 unspecified atom stereocenters. The Balaban J connectivity index is 1.43. The van der Waals surface area contributed by atoms with Gasteiger partial charge >= 0.3 is 0 Å². The van der Waals surface area contributed by atoms with Crippen molar-refractivity contribution in [3.8, 4) is 11.5 Å². The van der Waals surface area contributed by atoms with Crippen molar-refractivity contribution in [2.45, 2.75) is 33.6 Å². The minimum atomic E-state index is -0.263. The molecule has 1 aromatic heterocycles. The Labute approximate surface area is 174 Å². The summed E-state index contributed by atoms with van der Waals surface area (Å²) in [6.07, 6.45) is 1.64. The lowest BCUT2D eigenvalue weighted by molar-refractivity contribution is -0.118. The third-order valence-corrected chi connectivity index (χ3v) is 5.44. The maximum Gasteiger partial charge on any atom is 0.264 e. The molecule has 0 aliphatic heterocycles. The monoisotopic (exact) mass is 411 g/mol. The van der Waals surface area contributed by atoms with E-state index >= 15 is 0 Å². The minimum absolute atomic E-state index is 0.0733. The zero-order chi connectivity index (χ0) is 20.6. The number of rotatable bonds is 9. The van der Waals surface area contributed by atoms with E-state index in [1.165, 1.54) is 16.9 Å². The second-order valence-electron chi connectivity index (χ2n) is 6.63. The van der Waals surface area contributed by atoms with Gasteiger partial charge in [-0.3, -0.25) is 10.1 Å². The molecule has 0 bridgehead atoms. The van der Waals surface area contributed by atoms with Crippen LogP contribution >= 0.6 is 11.3 Å². The van der Waals surface area contributed by atoms with Gasteiger partial charge in [0.25, 0.3) is 5.91 Å². The molecule has 1 heterocycles. The predicted octanol–water partition coefficient (Wildman–Crippen LogP) is 4.36. The molecule has 0 saturated carbocycles. The van der Waals surface area contributed by atoms with E-state index in [0.717, 1.165) is 28.3 Å². The number of benzene rings is 2. The number of nitrogens with zero attached hydrogens (tertiary/aromatic N) is 2. The lowest BCUT2D eigenvalue weighted by atomic mass is 10.1. The average molecular weight is 412 g/mol. The number of aromatic nitrogens is 2. The van der Waals surface area contributed by atoms with Gasteiger partial charge in [0.05, 0.1) is 6.61 Å². The van der Waals surface area contributed by atoms with E-state index in [1.807, 2.05) is 44.2 Å². The van der Waals surface area contributed by atoms with Gasteiger partial charge < -0.3 is 9.47 Å². The number of ether oxygens (including phenoxy) is 2. The molecule has 0 aliphatic rings. The highest BCUT2D eigenvalue weighted by molar-refractivity contribution is 7.15. The van der Waals surface area contributed by atoms with Crippen LogP contribution in [-0.2, 0) is 17.6 Å². The molecule has 0 radical (unpaired) electrons. The number of hydrogen-bond acceptors (Lipinski definition) is 6. The Morgan fingerprint density at radius 3 is 2.62 bits per heavy atom. The second kappa shape index (κ2) is 10.0. The fourth-order valence-corrected chi connectivity index (χ4v) is 3.40. The molecule has 0 atom stereocenters. The summed E-state index contributed by atoms with van der Waals surface area (Å²) in [5, 5.41) is 12.1. The van der Waals surface area contributed by atoms with Crippen LogP contribution < -0.4 is 14.8 Å². The highest BCUT2D eigenvalue weighted by atomic mass is 32.1. The van der Waals surface area contributed by atoms with Gasteiger partial charge in [-0.25, -0.2) is 0 Å². The summed E-state index contributed by atoms with van der Waals surface area (Å²) in [4.78, 5) is 12.1. The van der Waals surface area contributed by atoms with Crippen LogP contribution in [0.1, 0.15) is 28.6 Å². The molecular formula is C22H25N3O3S. The first-order valence-electron chi connectivity index (χ1n) is 9.58. The molecule has 0 aliphatic carbocycles. The lowest BCUT2D eigenvalue weighted by Crippen LogP contribution is -2.20. The van der Waals surface area contributed by atoms with Crippen LogP contribution in [-0.4, -0.2) is 29.3 Å². The van der Waals surface area contributed by atoms with Gasteiger partial charge in [0.2, 0.25) is 5.13 Å². The number of carbonyl (C=O) groups excluding carboxylic acids is 1. The molecular weight excluding hydrogens is 386 g/mol. The van der Waals surface area contributed by atoms with Gasteiger partial charge in [-0.1, -0.05) is 42.5 Å². The van der Waals surface area contributed by atoms with E-state index in [9.17, 15) is 4.79 Å². The average Bonchev–Trinajstić information content (AvgIpc) is 3.16. The van der Waals surface area contributed by atoms with E-state index in [4.69, 9.17) is 9.47 Å². The van der Waals surface area contributed by atoms with Crippen molar-refractivity contribution in [3.63, 3.8) is 0 Å². The quantitative estimate of drug-likeness (QED) is 0.566. The standard InChI is InChI=1S/C22H25N3O3S/c1-4-17-8-10-18(11-9-17)27-13-12-21-24-25-22(29-21)23-20(26)14-28-19-7-5-6-15(2)16(19)3/h5-11H,4,12-14H2,1-3H3,(H,23,25,26). The Morgan fingerprint density at radius 1 is 1.07 bits per heavy atom. The van der Waals surface area contributed by atoms with Gasteiger partial charge in [0, 0.05) is 6.42 Å². The fourth-order valence-electron chi connectivity index (χ4n) is 2.66. The molecule has 3 rings (SSSR count). The molecule has 2 aromatic carbocycles. The van der Waals surface area contributed by atoms with Crippen LogP contribution in [0.4, 0.5) is 5.13 Å². The third kappa shape index (κ3) is 6.02. The van der Waals surface area contributed by atoms with Crippen LogP contribution in [0.2, 0.25) is 0 Å². The summed E-state index contributed by atoms with van der Waals surface area (Å²) in [7, 11) is 0. The lowest BCUT2D eigenvalue weighted by Gasteiger charge is -2.10. The summed E-state index contributed by atoms with van der Waals surface area (Å²) >= 11 is 1.34. The number of aryl methyl sites for hydroxylation is 2. The molecule has 7 heteroatoms. The second-order valence-corrected chi connectivity index (χ2v) is 7.69. The van der Waals surface area contributed by atoms with Crippen molar-refractivity contribution in [1.82, 2.24) is 10.2 Å². The first kappa shape index (κ1) is 20.8. The van der Waals surface area contributed by atoms with Crippen LogP contribution in [0, 0.1) is 13.8 Å². The SMILES string of the molecule is CCc1ccc(OCCc2nnc(NC(=O)COc3cccc(C)c3C)s2)cc1. The highest BCUT2D eigenvalue weighted by Crippen LogP contribution is 2.21. The smallest absolute Gasteiger partial charge is 0.264 e. The number of nitrogens with one attached hydrogen (secondary N) is 1. The third-order valence-electron chi connectivity index (χ3n) is 4.54. The number of anilines is 1. The molecule has 29 heavy (non-hydrogen) atoms. The van der Waals surface area contributed by atoms with Crippen LogP contribution in [0.15, 0.2) is 42.5 Å². The van der Waals surface area contributed by atoms with Gasteiger partial charge in [-0.15, -0.1) is 10.2 Å². The highest BCUT2D eigenvalue weighted by Gasteiger charge is 2.10. The van der Waals surface area contributed by atoms with E-state index in [-0.39, 0.29) is 12.5 Å². The van der Waals surface area contributed by atoms with Crippen LogP contribution in [0.25, 0.3) is 0 Å². The van der Waals surface area contributed by atoms with E-state index in [0.29, 0.717) is 23.9 Å². The first-order valence-corrected chi connectivity index (χ1v) is 10.4. The first-order chi connectivity index (χ1) is 14.0. The maximum absolute atomic E-state index is 12.1. The Hall–Kier alpha value is -2.93. The van der Waals surface area contributed by atoms with E-state index in [2.05, 4.69) is 34.6 Å². The normalized spacial score (nSPS) is 10.6. The maximum atomic E-state index is 12.1. The van der Waals surface area contributed by atoms with Crippen LogP contribution in [0.5, 0.6) is 11.5 Å².